The minimum absolute atomic E-state index is 0.134. The number of rotatable bonds is 5. The molecule has 3 N–H and O–H groups in total. The van der Waals surface area contributed by atoms with Crippen molar-refractivity contribution in [2.24, 2.45) is 5.73 Å². The lowest BCUT2D eigenvalue weighted by Gasteiger charge is -2.08. The van der Waals surface area contributed by atoms with E-state index in [4.69, 9.17) is 14.9 Å². The highest BCUT2D eigenvalue weighted by Gasteiger charge is 2.11. The molecule has 0 unspecified atom stereocenters. The second-order valence-electron chi connectivity index (χ2n) is 5.48. The van der Waals surface area contributed by atoms with E-state index >= 15 is 0 Å². The third-order valence-electron chi connectivity index (χ3n) is 3.56. The number of carbonyl (C=O) groups excluding carboxylic acids is 1. The van der Waals surface area contributed by atoms with Crippen molar-refractivity contribution in [1.29, 1.82) is 0 Å². The Labute approximate surface area is 136 Å². The average molecular weight is 328 g/mol. The van der Waals surface area contributed by atoms with Crippen LogP contribution < -0.4 is 16.2 Å². The van der Waals surface area contributed by atoms with Gasteiger partial charge in [-0.05, 0) is 42.3 Å². The van der Waals surface area contributed by atoms with Crippen LogP contribution in [-0.4, -0.2) is 22.2 Å². The molecule has 124 valence electrons. The number of aryl methyl sites for hydroxylation is 1. The van der Waals surface area contributed by atoms with Gasteiger partial charge < -0.3 is 20.0 Å². The Kier molecular flexibility index (Phi) is 3.99. The Morgan fingerprint density at radius 3 is 2.79 bits per heavy atom. The monoisotopic (exact) mass is 328 g/mol. The lowest BCUT2D eigenvalue weighted by molar-refractivity contribution is -0.119. The van der Waals surface area contributed by atoms with Gasteiger partial charge in [0, 0.05) is 0 Å². The molecule has 0 bridgehead atoms. The summed E-state index contributed by atoms with van der Waals surface area (Å²) in [6.45, 7) is 1.84. The molecule has 2 aromatic carbocycles. The van der Waals surface area contributed by atoms with Crippen LogP contribution in [0.15, 0.2) is 45.6 Å². The largest absolute Gasteiger partial charge is 0.504 e. The van der Waals surface area contributed by atoms with Crippen molar-refractivity contribution in [2.75, 3.05) is 6.61 Å². The van der Waals surface area contributed by atoms with Crippen molar-refractivity contribution >= 4 is 17.0 Å². The van der Waals surface area contributed by atoms with Gasteiger partial charge in [-0.15, -0.1) is 0 Å². The quantitative estimate of drug-likeness (QED) is 0.738. The van der Waals surface area contributed by atoms with Crippen LogP contribution in [0.1, 0.15) is 11.1 Å². The fourth-order valence-corrected chi connectivity index (χ4v) is 2.44. The van der Waals surface area contributed by atoms with Crippen molar-refractivity contribution in [1.82, 2.24) is 4.57 Å². The fraction of sp³-hybridized carbons (Fsp3) is 0.176. The van der Waals surface area contributed by atoms with Gasteiger partial charge in [0.25, 0.3) is 5.91 Å². The van der Waals surface area contributed by atoms with Crippen molar-refractivity contribution in [2.45, 2.75) is 13.5 Å². The summed E-state index contributed by atoms with van der Waals surface area (Å²) in [7, 11) is 0. The summed E-state index contributed by atoms with van der Waals surface area (Å²) in [5.41, 5.74) is 7.89. The SMILES string of the molecule is Cc1ccc2oc(=O)n(Cc3ccc(OCC(N)=O)c(O)c3)c2c1. The van der Waals surface area contributed by atoms with Crippen LogP contribution in [0.5, 0.6) is 11.5 Å². The number of aromatic hydroxyl groups is 1. The summed E-state index contributed by atoms with van der Waals surface area (Å²) in [4.78, 5) is 22.8. The second kappa shape index (κ2) is 6.11. The number of carbonyl (C=O) groups is 1. The Morgan fingerprint density at radius 2 is 2.08 bits per heavy atom. The molecule has 24 heavy (non-hydrogen) atoms. The Bertz CT molecular complexity index is 971. The summed E-state index contributed by atoms with van der Waals surface area (Å²) < 4.78 is 11.8. The highest BCUT2D eigenvalue weighted by molar-refractivity contribution is 5.75. The molecule has 0 aliphatic rings. The van der Waals surface area contributed by atoms with Crippen LogP contribution in [0.25, 0.3) is 11.1 Å². The van der Waals surface area contributed by atoms with Gasteiger partial charge in [-0.25, -0.2) is 4.79 Å². The van der Waals surface area contributed by atoms with Gasteiger partial charge in [0.2, 0.25) is 0 Å². The molecule has 1 amide bonds. The van der Waals surface area contributed by atoms with Crippen LogP contribution in [-0.2, 0) is 11.3 Å². The summed E-state index contributed by atoms with van der Waals surface area (Å²) >= 11 is 0. The third-order valence-corrected chi connectivity index (χ3v) is 3.56. The van der Waals surface area contributed by atoms with Gasteiger partial charge >= 0.3 is 5.76 Å². The molecule has 7 heteroatoms. The number of benzene rings is 2. The third kappa shape index (κ3) is 3.10. The number of hydrogen-bond donors (Lipinski definition) is 2. The minimum Gasteiger partial charge on any atom is -0.504 e. The molecule has 1 aromatic heterocycles. The lowest BCUT2D eigenvalue weighted by Crippen LogP contribution is -2.20. The van der Waals surface area contributed by atoms with E-state index in [-0.39, 0.29) is 24.7 Å². The minimum atomic E-state index is -0.634. The van der Waals surface area contributed by atoms with Crippen LogP contribution >= 0.6 is 0 Å². The van der Waals surface area contributed by atoms with Gasteiger partial charge in [0.1, 0.15) is 0 Å². The maximum atomic E-state index is 12.0. The van der Waals surface area contributed by atoms with Gasteiger partial charge in [-0.3, -0.25) is 9.36 Å². The van der Waals surface area contributed by atoms with E-state index in [0.717, 1.165) is 5.56 Å². The first-order valence-corrected chi connectivity index (χ1v) is 7.27. The molecule has 3 aromatic rings. The van der Waals surface area contributed by atoms with E-state index in [9.17, 15) is 14.7 Å². The smallest absolute Gasteiger partial charge is 0.420 e. The van der Waals surface area contributed by atoms with E-state index in [0.29, 0.717) is 16.7 Å². The molecule has 0 spiro atoms. The van der Waals surface area contributed by atoms with Gasteiger partial charge in [0.15, 0.2) is 23.7 Å². The number of ether oxygens (including phenoxy) is 1. The number of phenolic OH excluding ortho intramolecular Hbond substituents is 1. The summed E-state index contributed by atoms with van der Waals surface area (Å²) in [5, 5.41) is 9.97. The second-order valence-corrected chi connectivity index (χ2v) is 5.48. The Morgan fingerprint density at radius 1 is 1.29 bits per heavy atom. The van der Waals surface area contributed by atoms with Crippen molar-refractivity contribution in [3.8, 4) is 11.5 Å². The molecule has 1 heterocycles. The molecule has 0 fully saturated rings. The van der Waals surface area contributed by atoms with E-state index in [1.165, 1.54) is 16.7 Å². The number of hydrogen-bond acceptors (Lipinski definition) is 5. The molecular weight excluding hydrogens is 312 g/mol. The topological polar surface area (TPSA) is 108 Å². The molecule has 3 rings (SSSR count). The number of nitrogens with zero attached hydrogens (tertiary/aromatic N) is 1. The zero-order valence-electron chi connectivity index (χ0n) is 13.0. The molecule has 7 nitrogen and oxygen atoms in total. The first-order valence-electron chi connectivity index (χ1n) is 7.27. The van der Waals surface area contributed by atoms with Crippen molar-refractivity contribution in [3.05, 3.63) is 58.1 Å². The number of nitrogens with two attached hydrogens (primary N) is 1. The van der Waals surface area contributed by atoms with Crippen LogP contribution in [0.4, 0.5) is 0 Å². The van der Waals surface area contributed by atoms with Crippen LogP contribution in [0, 0.1) is 6.92 Å². The molecule has 0 atom stereocenters. The average Bonchev–Trinajstić information content (AvgIpc) is 2.82. The molecule has 0 saturated carbocycles. The predicted octanol–water partition coefficient (Wildman–Crippen LogP) is 1.52. The van der Waals surface area contributed by atoms with E-state index < -0.39 is 11.7 Å². The predicted molar refractivity (Wildman–Crippen MR) is 87.1 cm³/mol. The first kappa shape index (κ1) is 15.7. The van der Waals surface area contributed by atoms with Crippen molar-refractivity contribution < 1.29 is 19.1 Å². The van der Waals surface area contributed by atoms with E-state index in [1.807, 2.05) is 19.1 Å². The number of primary amides is 1. The normalized spacial score (nSPS) is 10.9. The number of amides is 1. The van der Waals surface area contributed by atoms with Crippen LogP contribution in [0.3, 0.4) is 0 Å². The number of oxazole rings is 1. The fourth-order valence-electron chi connectivity index (χ4n) is 2.44. The number of fused-ring (bicyclic) bond motifs is 1. The van der Waals surface area contributed by atoms with Gasteiger partial charge in [-0.1, -0.05) is 12.1 Å². The standard InChI is InChI=1S/C17H16N2O5/c1-10-2-4-14-12(6-10)19(17(22)24-14)8-11-3-5-15(13(20)7-11)23-9-16(18)21/h2-7,20H,8-9H2,1H3,(H2,18,21). The Balaban J connectivity index is 1.90. The highest BCUT2D eigenvalue weighted by atomic mass is 16.5. The van der Waals surface area contributed by atoms with Gasteiger partial charge in [-0.2, -0.15) is 0 Å². The summed E-state index contributed by atoms with van der Waals surface area (Å²) in [5.74, 6) is -1.09. The molecule has 0 aliphatic carbocycles. The Hall–Kier alpha value is -3.22. The zero-order valence-corrected chi connectivity index (χ0v) is 13.0. The maximum absolute atomic E-state index is 12.0. The molecular formula is C17H16N2O5. The van der Waals surface area contributed by atoms with E-state index in [2.05, 4.69) is 0 Å². The maximum Gasteiger partial charge on any atom is 0.420 e. The van der Waals surface area contributed by atoms with Crippen LogP contribution in [0.2, 0.25) is 0 Å². The first-order chi connectivity index (χ1) is 11.4. The number of phenols is 1. The molecule has 0 radical (unpaired) electrons. The molecule has 0 aliphatic heterocycles. The number of aromatic nitrogens is 1. The highest BCUT2D eigenvalue weighted by Crippen LogP contribution is 2.27. The zero-order chi connectivity index (χ0) is 17.3. The lowest BCUT2D eigenvalue weighted by atomic mass is 10.2. The summed E-state index contributed by atoms with van der Waals surface area (Å²) in [6, 6.07) is 10.2. The summed E-state index contributed by atoms with van der Waals surface area (Å²) in [6.07, 6.45) is 0. The van der Waals surface area contributed by atoms with E-state index in [1.54, 1.807) is 12.1 Å². The van der Waals surface area contributed by atoms with Gasteiger partial charge in [0.05, 0.1) is 12.1 Å². The molecule has 0 saturated heterocycles. The van der Waals surface area contributed by atoms with Crippen molar-refractivity contribution in [3.63, 3.8) is 0 Å².